The Morgan fingerprint density at radius 1 is 1.00 bits per heavy atom. The number of hydrogen-bond donors (Lipinski definition) is 2. The first-order valence-electron chi connectivity index (χ1n) is 9.64. The molecule has 0 bridgehead atoms. The van der Waals surface area contributed by atoms with Gasteiger partial charge in [-0.15, -0.1) is 0 Å². The fraction of sp³-hybridized carbons (Fsp3) is 0.391. The zero-order valence-corrected chi connectivity index (χ0v) is 16.7. The van der Waals surface area contributed by atoms with E-state index in [0.717, 1.165) is 17.5 Å². The topological polar surface area (TPSA) is 58.2 Å². The average molecular weight is 367 g/mol. The molecule has 0 aliphatic heterocycles. The van der Waals surface area contributed by atoms with Crippen LogP contribution in [0.25, 0.3) is 0 Å². The predicted molar refractivity (Wildman–Crippen MR) is 110 cm³/mol. The van der Waals surface area contributed by atoms with Gasteiger partial charge in [-0.3, -0.25) is 9.59 Å². The number of aryl methyl sites for hydroxylation is 2. The number of nitrogens with one attached hydrogen (secondary N) is 2. The van der Waals surface area contributed by atoms with Crippen LogP contribution in [0, 0.1) is 12.8 Å². The van der Waals surface area contributed by atoms with Crippen molar-refractivity contribution in [1.82, 2.24) is 10.6 Å². The molecule has 0 aromatic heterocycles. The van der Waals surface area contributed by atoms with E-state index in [1.807, 2.05) is 25.1 Å². The van der Waals surface area contributed by atoms with Gasteiger partial charge >= 0.3 is 0 Å². The Bertz CT molecular complexity index is 766. The number of carbonyl (C=O) groups is 2. The predicted octanol–water partition coefficient (Wildman–Crippen LogP) is 4.19. The molecule has 2 rings (SSSR count). The van der Waals surface area contributed by atoms with Crippen LogP contribution < -0.4 is 10.6 Å². The third kappa shape index (κ3) is 5.95. The van der Waals surface area contributed by atoms with E-state index in [9.17, 15) is 9.59 Å². The highest BCUT2D eigenvalue weighted by molar-refractivity contribution is 5.95. The van der Waals surface area contributed by atoms with Crippen molar-refractivity contribution in [2.45, 2.75) is 46.6 Å². The minimum atomic E-state index is -0.142. The minimum Gasteiger partial charge on any atom is -0.352 e. The molecule has 0 fully saturated rings. The van der Waals surface area contributed by atoms with Crippen LogP contribution in [0.5, 0.6) is 0 Å². The number of amides is 2. The van der Waals surface area contributed by atoms with E-state index in [-0.39, 0.29) is 30.2 Å². The van der Waals surface area contributed by atoms with Crippen molar-refractivity contribution in [1.29, 1.82) is 0 Å². The number of rotatable bonds is 8. The highest BCUT2D eigenvalue weighted by Crippen LogP contribution is 2.22. The van der Waals surface area contributed by atoms with Gasteiger partial charge in [0.1, 0.15) is 0 Å². The summed E-state index contributed by atoms with van der Waals surface area (Å²) in [6.07, 6.45) is 1.26. The van der Waals surface area contributed by atoms with E-state index in [4.69, 9.17) is 0 Å². The molecule has 0 saturated heterocycles. The van der Waals surface area contributed by atoms with E-state index >= 15 is 0 Å². The van der Waals surface area contributed by atoms with Gasteiger partial charge in [-0.05, 0) is 42.0 Å². The highest BCUT2D eigenvalue weighted by Gasteiger charge is 2.18. The molecule has 1 unspecified atom stereocenters. The van der Waals surface area contributed by atoms with Crippen molar-refractivity contribution in [2.75, 3.05) is 6.54 Å². The Morgan fingerprint density at radius 3 is 2.26 bits per heavy atom. The van der Waals surface area contributed by atoms with Crippen LogP contribution in [-0.4, -0.2) is 18.4 Å². The summed E-state index contributed by atoms with van der Waals surface area (Å²) in [5, 5.41) is 5.93. The van der Waals surface area contributed by atoms with E-state index in [0.29, 0.717) is 12.1 Å². The maximum atomic E-state index is 12.4. The fourth-order valence-corrected chi connectivity index (χ4v) is 3.05. The number of benzene rings is 2. The second-order valence-corrected chi connectivity index (χ2v) is 7.21. The van der Waals surface area contributed by atoms with E-state index in [1.165, 1.54) is 5.56 Å². The summed E-state index contributed by atoms with van der Waals surface area (Å²) < 4.78 is 0. The molecule has 2 N–H and O–H groups in total. The molecular formula is C23H30N2O2. The van der Waals surface area contributed by atoms with Crippen LogP contribution in [0.15, 0.2) is 48.5 Å². The molecule has 2 amide bonds. The van der Waals surface area contributed by atoms with Crippen molar-refractivity contribution in [3.05, 3.63) is 70.8 Å². The molecule has 1 atom stereocenters. The van der Waals surface area contributed by atoms with Gasteiger partial charge in [-0.2, -0.15) is 0 Å². The first-order valence-corrected chi connectivity index (χ1v) is 9.64. The second kappa shape index (κ2) is 9.91. The molecule has 4 nitrogen and oxygen atoms in total. The normalized spacial score (nSPS) is 11.9. The molecule has 2 aromatic rings. The van der Waals surface area contributed by atoms with E-state index in [1.54, 1.807) is 6.07 Å². The summed E-state index contributed by atoms with van der Waals surface area (Å²) >= 11 is 0. The van der Waals surface area contributed by atoms with E-state index < -0.39 is 0 Å². The van der Waals surface area contributed by atoms with Crippen LogP contribution >= 0.6 is 0 Å². The molecule has 4 heteroatoms. The van der Waals surface area contributed by atoms with Crippen molar-refractivity contribution in [2.24, 2.45) is 5.92 Å². The zero-order valence-electron chi connectivity index (χ0n) is 16.7. The summed E-state index contributed by atoms with van der Waals surface area (Å²) in [5.74, 6) is 0.0813. The van der Waals surface area contributed by atoms with Crippen molar-refractivity contribution >= 4 is 11.8 Å². The summed E-state index contributed by atoms with van der Waals surface area (Å²) in [5.41, 5.74) is 3.97. The zero-order chi connectivity index (χ0) is 19.8. The van der Waals surface area contributed by atoms with Gasteiger partial charge in [0.2, 0.25) is 5.91 Å². The van der Waals surface area contributed by atoms with E-state index in [2.05, 4.69) is 55.7 Å². The van der Waals surface area contributed by atoms with Crippen LogP contribution in [-0.2, 0) is 11.2 Å². The first kappa shape index (κ1) is 20.7. The lowest BCUT2D eigenvalue weighted by atomic mass is 9.94. The Hall–Kier alpha value is -2.62. The lowest BCUT2D eigenvalue weighted by Crippen LogP contribution is -2.35. The first-order chi connectivity index (χ1) is 12.9. The molecule has 144 valence electrons. The van der Waals surface area contributed by atoms with Gasteiger partial charge in [-0.25, -0.2) is 0 Å². The summed E-state index contributed by atoms with van der Waals surface area (Å²) in [6, 6.07) is 15.8. The van der Waals surface area contributed by atoms with Gasteiger partial charge in [-0.1, -0.05) is 63.2 Å². The minimum absolute atomic E-state index is 0.0320. The van der Waals surface area contributed by atoms with Crippen LogP contribution in [0.4, 0.5) is 0 Å². The van der Waals surface area contributed by atoms with Gasteiger partial charge in [0.15, 0.2) is 0 Å². The Morgan fingerprint density at radius 2 is 1.67 bits per heavy atom. The third-order valence-electron chi connectivity index (χ3n) is 4.76. The number of hydrogen-bond acceptors (Lipinski definition) is 2. The maximum absolute atomic E-state index is 12.4. The monoisotopic (exact) mass is 366 g/mol. The Kier molecular flexibility index (Phi) is 7.59. The molecule has 0 spiro atoms. The molecule has 0 aliphatic carbocycles. The average Bonchev–Trinajstić information content (AvgIpc) is 2.66. The molecule has 0 heterocycles. The van der Waals surface area contributed by atoms with Gasteiger partial charge in [0, 0.05) is 18.5 Å². The molecule has 2 aromatic carbocycles. The SMILES string of the molecule is CCc1ccc(C(NC(=O)CCNC(=O)c2ccccc2C)C(C)C)cc1. The molecule has 0 radical (unpaired) electrons. The Balaban J connectivity index is 1.88. The summed E-state index contributed by atoms with van der Waals surface area (Å²) in [4.78, 5) is 24.6. The van der Waals surface area contributed by atoms with Gasteiger partial charge < -0.3 is 10.6 Å². The molecule has 0 aliphatic rings. The molecular weight excluding hydrogens is 336 g/mol. The third-order valence-corrected chi connectivity index (χ3v) is 4.76. The van der Waals surface area contributed by atoms with Crippen LogP contribution in [0.2, 0.25) is 0 Å². The second-order valence-electron chi connectivity index (χ2n) is 7.21. The largest absolute Gasteiger partial charge is 0.352 e. The van der Waals surface area contributed by atoms with Crippen LogP contribution in [0.1, 0.15) is 60.3 Å². The smallest absolute Gasteiger partial charge is 0.251 e. The summed E-state index contributed by atoms with van der Waals surface area (Å²) in [7, 11) is 0. The lowest BCUT2D eigenvalue weighted by molar-refractivity contribution is -0.122. The Labute approximate surface area is 162 Å². The lowest BCUT2D eigenvalue weighted by Gasteiger charge is -2.23. The van der Waals surface area contributed by atoms with Gasteiger partial charge in [0.25, 0.3) is 5.91 Å². The maximum Gasteiger partial charge on any atom is 0.251 e. The molecule has 0 saturated carbocycles. The highest BCUT2D eigenvalue weighted by atomic mass is 16.2. The van der Waals surface area contributed by atoms with Crippen molar-refractivity contribution < 1.29 is 9.59 Å². The number of carbonyl (C=O) groups excluding carboxylic acids is 2. The van der Waals surface area contributed by atoms with Crippen molar-refractivity contribution in [3.63, 3.8) is 0 Å². The van der Waals surface area contributed by atoms with Crippen LogP contribution in [0.3, 0.4) is 0 Å². The van der Waals surface area contributed by atoms with Crippen molar-refractivity contribution in [3.8, 4) is 0 Å². The standard InChI is InChI=1S/C23H30N2O2/c1-5-18-10-12-19(13-11-18)22(16(2)3)25-21(26)14-15-24-23(27)20-9-7-6-8-17(20)4/h6-13,16,22H,5,14-15H2,1-4H3,(H,24,27)(H,25,26). The fourth-order valence-electron chi connectivity index (χ4n) is 3.05. The quantitative estimate of drug-likeness (QED) is 0.736. The van der Waals surface area contributed by atoms with Gasteiger partial charge in [0.05, 0.1) is 6.04 Å². The molecule has 27 heavy (non-hydrogen) atoms. The summed E-state index contributed by atoms with van der Waals surface area (Å²) in [6.45, 7) is 8.54.